The zero-order chi connectivity index (χ0) is 24.6. The first-order chi connectivity index (χ1) is 17.0. The summed E-state index contributed by atoms with van der Waals surface area (Å²) in [5.74, 6) is -1.06. The molecule has 3 amide bonds. The number of furan rings is 1. The van der Waals surface area contributed by atoms with E-state index in [1.807, 2.05) is 31.2 Å². The second-order valence-corrected chi connectivity index (χ2v) is 8.74. The lowest BCUT2D eigenvalue weighted by atomic mass is 9.94. The van der Waals surface area contributed by atoms with Crippen molar-refractivity contribution in [2.24, 2.45) is 0 Å². The van der Waals surface area contributed by atoms with Gasteiger partial charge in [-0.05, 0) is 61.2 Å². The van der Waals surface area contributed by atoms with Crippen LogP contribution in [-0.2, 0) is 9.59 Å². The fourth-order valence-corrected chi connectivity index (χ4v) is 4.48. The van der Waals surface area contributed by atoms with E-state index in [1.165, 1.54) is 23.7 Å². The number of aryl methyl sites for hydroxylation is 1. The van der Waals surface area contributed by atoms with Crippen molar-refractivity contribution in [3.05, 3.63) is 84.1 Å². The van der Waals surface area contributed by atoms with Crippen LogP contribution in [0, 0.1) is 6.92 Å². The van der Waals surface area contributed by atoms with Crippen LogP contribution in [0.2, 0.25) is 0 Å². The summed E-state index contributed by atoms with van der Waals surface area (Å²) in [7, 11) is 0. The minimum absolute atomic E-state index is 0.0769. The highest BCUT2D eigenvalue weighted by atomic mass is 16.3. The predicted octanol–water partition coefficient (Wildman–Crippen LogP) is 3.94. The molecule has 1 saturated carbocycles. The molecule has 1 aliphatic carbocycles. The molecule has 1 atom stereocenters. The molecule has 3 aromatic rings. The second kappa shape index (κ2) is 11.5. The maximum Gasteiger partial charge on any atom is 0.287 e. The van der Waals surface area contributed by atoms with Crippen molar-refractivity contribution in [2.45, 2.75) is 51.1 Å². The van der Waals surface area contributed by atoms with Crippen LogP contribution in [0.25, 0.3) is 0 Å². The first-order valence-electron chi connectivity index (χ1n) is 11.9. The molecule has 1 fully saturated rings. The zero-order valence-corrected chi connectivity index (χ0v) is 19.8. The molecule has 0 spiro atoms. The van der Waals surface area contributed by atoms with Gasteiger partial charge in [0, 0.05) is 24.1 Å². The van der Waals surface area contributed by atoms with Gasteiger partial charge in [0.2, 0.25) is 11.8 Å². The Balaban J connectivity index is 1.67. The number of carbonyl (C=O) groups excluding carboxylic acids is 3. The Hall–Kier alpha value is -3.94. The molecular formula is C27H30N4O4. The Bertz CT molecular complexity index is 1140. The topological polar surface area (TPSA) is 105 Å². The number of carbonyl (C=O) groups is 3. The van der Waals surface area contributed by atoms with Crippen LogP contribution in [0.4, 0.5) is 5.69 Å². The van der Waals surface area contributed by atoms with Crippen LogP contribution in [0.15, 0.2) is 71.6 Å². The third-order valence-corrected chi connectivity index (χ3v) is 6.27. The van der Waals surface area contributed by atoms with Crippen LogP contribution in [0.1, 0.15) is 59.8 Å². The molecule has 2 heterocycles. The van der Waals surface area contributed by atoms with Crippen LogP contribution in [-0.4, -0.2) is 35.3 Å². The summed E-state index contributed by atoms with van der Waals surface area (Å²) in [5, 5.41) is 5.79. The minimum atomic E-state index is -0.922. The fraction of sp³-hybridized carbons (Fsp3) is 0.333. The van der Waals surface area contributed by atoms with Gasteiger partial charge in [0.15, 0.2) is 5.76 Å². The molecule has 2 aromatic heterocycles. The number of hydrogen-bond acceptors (Lipinski definition) is 5. The first kappa shape index (κ1) is 24.2. The maximum absolute atomic E-state index is 13.7. The number of para-hydroxylation sites is 1. The van der Waals surface area contributed by atoms with Gasteiger partial charge in [0.25, 0.3) is 5.91 Å². The first-order valence-corrected chi connectivity index (χ1v) is 11.9. The van der Waals surface area contributed by atoms with Crippen molar-refractivity contribution in [1.82, 2.24) is 15.6 Å². The average molecular weight is 475 g/mol. The number of pyridine rings is 1. The van der Waals surface area contributed by atoms with Gasteiger partial charge in [-0.15, -0.1) is 0 Å². The van der Waals surface area contributed by atoms with E-state index in [2.05, 4.69) is 15.6 Å². The van der Waals surface area contributed by atoms with Crippen molar-refractivity contribution < 1.29 is 18.8 Å². The molecule has 0 radical (unpaired) electrons. The van der Waals surface area contributed by atoms with Crippen molar-refractivity contribution in [2.75, 3.05) is 11.4 Å². The molecule has 182 valence electrons. The molecule has 1 aliphatic rings. The van der Waals surface area contributed by atoms with E-state index >= 15 is 0 Å². The molecule has 1 aromatic carbocycles. The fourth-order valence-electron chi connectivity index (χ4n) is 4.48. The molecule has 0 saturated heterocycles. The summed E-state index contributed by atoms with van der Waals surface area (Å²) in [4.78, 5) is 45.4. The van der Waals surface area contributed by atoms with Crippen LogP contribution in [0.5, 0.6) is 0 Å². The van der Waals surface area contributed by atoms with Gasteiger partial charge >= 0.3 is 0 Å². The Labute approximate surface area is 204 Å². The van der Waals surface area contributed by atoms with Crippen LogP contribution in [0.3, 0.4) is 0 Å². The predicted molar refractivity (Wildman–Crippen MR) is 132 cm³/mol. The van der Waals surface area contributed by atoms with Gasteiger partial charge in [-0.3, -0.25) is 24.3 Å². The van der Waals surface area contributed by atoms with Crippen molar-refractivity contribution >= 4 is 23.4 Å². The summed E-state index contributed by atoms with van der Waals surface area (Å²) in [6.45, 7) is 1.59. The highest BCUT2D eigenvalue weighted by Crippen LogP contribution is 2.31. The standard InChI is InChI=1S/C27H30N4O4/c1-19-8-5-6-11-22(19)31(24(32)18-29-26(33)23-12-7-17-35-23)25(20-13-15-28-16-14-20)27(34)30-21-9-3-2-4-10-21/h5-8,11-17,21,25H,2-4,9-10,18H2,1H3,(H,29,33)(H,30,34)/t25-/m1/s1. The van der Waals surface area contributed by atoms with Gasteiger partial charge in [-0.25, -0.2) is 0 Å². The van der Waals surface area contributed by atoms with Gasteiger partial charge in [0.1, 0.15) is 6.04 Å². The van der Waals surface area contributed by atoms with Crippen LogP contribution < -0.4 is 15.5 Å². The molecule has 8 nitrogen and oxygen atoms in total. The van der Waals surface area contributed by atoms with Crippen LogP contribution >= 0.6 is 0 Å². The molecule has 4 rings (SSSR count). The largest absolute Gasteiger partial charge is 0.459 e. The van der Waals surface area contributed by atoms with Gasteiger partial charge in [0.05, 0.1) is 12.8 Å². The van der Waals surface area contributed by atoms with Crippen molar-refractivity contribution in [3.63, 3.8) is 0 Å². The third-order valence-electron chi connectivity index (χ3n) is 6.27. The van der Waals surface area contributed by atoms with E-state index in [0.717, 1.165) is 31.2 Å². The molecule has 8 heteroatoms. The van der Waals surface area contributed by atoms with E-state index in [4.69, 9.17) is 4.42 Å². The monoisotopic (exact) mass is 474 g/mol. The number of nitrogens with one attached hydrogen (secondary N) is 2. The average Bonchev–Trinajstić information content (AvgIpc) is 3.42. The summed E-state index contributed by atoms with van der Waals surface area (Å²) in [6.07, 6.45) is 9.77. The van der Waals surface area contributed by atoms with E-state index in [9.17, 15) is 14.4 Å². The molecule has 0 bridgehead atoms. The highest BCUT2D eigenvalue weighted by molar-refractivity contribution is 6.04. The molecule has 2 N–H and O–H groups in total. The van der Waals surface area contributed by atoms with E-state index < -0.39 is 17.9 Å². The van der Waals surface area contributed by atoms with E-state index in [0.29, 0.717) is 11.3 Å². The molecular weight excluding hydrogens is 444 g/mol. The van der Waals surface area contributed by atoms with Crippen molar-refractivity contribution in [1.29, 1.82) is 0 Å². The third kappa shape index (κ3) is 5.95. The Morgan fingerprint density at radius 2 is 1.77 bits per heavy atom. The normalized spacial score (nSPS) is 14.7. The smallest absolute Gasteiger partial charge is 0.287 e. The number of hydrogen-bond donors (Lipinski definition) is 2. The Kier molecular flexibility index (Phi) is 7.92. The number of benzene rings is 1. The molecule has 0 unspecified atom stereocenters. The van der Waals surface area contributed by atoms with Crippen molar-refractivity contribution in [3.8, 4) is 0 Å². The Morgan fingerprint density at radius 1 is 1.03 bits per heavy atom. The second-order valence-electron chi connectivity index (χ2n) is 8.74. The summed E-state index contributed by atoms with van der Waals surface area (Å²) in [5.41, 5.74) is 2.08. The Morgan fingerprint density at radius 3 is 2.46 bits per heavy atom. The number of nitrogens with zero attached hydrogens (tertiary/aromatic N) is 2. The lowest BCUT2D eigenvalue weighted by molar-refractivity contribution is -0.127. The van der Waals surface area contributed by atoms with Gasteiger partial charge in [-0.2, -0.15) is 0 Å². The quantitative estimate of drug-likeness (QED) is 0.515. The highest BCUT2D eigenvalue weighted by Gasteiger charge is 2.34. The van der Waals surface area contributed by atoms with Gasteiger partial charge in [-0.1, -0.05) is 37.5 Å². The SMILES string of the molecule is Cc1ccccc1N(C(=O)CNC(=O)c1ccco1)[C@@H](C(=O)NC1CCCCC1)c1ccncc1. The summed E-state index contributed by atoms with van der Waals surface area (Å²) < 4.78 is 5.12. The van der Waals surface area contributed by atoms with E-state index in [1.54, 1.807) is 30.6 Å². The lowest BCUT2D eigenvalue weighted by Crippen LogP contribution is -2.50. The van der Waals surface area contributed by atoms with E-state index in [-0.39, 0.29) is 24.3 Å². The lowest BCUT2D eigenvalue weighted by Gasteiger charge is -2.34. The maximum atomic E-state index is 13.7. The number of aromatic nitrogens is 1. The minimum Gasteiger partial charge on any atom is -0.459 e. The summed E-state index contributed by atoms with van der Waals surface area (Å²) in [6, 6.07) is 13.2. The number of rotatable bonds is 8. The number of anilines is 1. The molecule has 35 heavy (non-hydrogen) atoms. The number of amides is 3. The zero-order valence-electron chi connectivity index (χ0n) is 19.8. The summed E-state index contributed by atoms with van der Waals surface area (Å²) >= 11 is 0. The van der Waals surface area contributed by atoms with Gasteiger partial charge < -0.3 is 15.1 Å². The molecule has 0 aliphatic heterocycles.